The van der Waals surface area contributed by atoms with Crippen molar-refractivity contribution < 1.29 is 4.74 Å². The zero-order chi connectivity index (χ0) is 14.7. The third kappa shape index (κ3) is 3.64. The van der Waals surface area contributed by atoms with Crippen molar-refractivity contribution in [3.05, 3.63) is 53.3 Å². The predicted octanol–water partition coefficient (Wildman–Crippen LogP) is 2.70. The Hall–Kier alpha value is -1.36. The lowest BCUT2D eigenvalue weighted by atomic mass is 10.0. The second-order valence-corrected chi connectivity index (χ2v) is 5.97. The Kier molecular flexibility index (Phi) is 4.58. The van der Waals surface area contributed by atoms with Gasteiger partial charge in [0.05, 0.1) is 18.8 Å². The zero-order valence-corrected chi connectivity index (χ0v) is 12.8. The molecule has 3 atom stereocenters. The molecule has 2 heterocycles. The van der Waals surface area contributed by atoms with Gasteiger partial charge in [-0.1, -0.05) is 23.7 Å². The highest BCUT2D eigenvalue weighted by Crippen LogP contribution is 2.18. The van der Waals surface area contributed by atoms with Crippen LogP contribution >= 0.6 is 11.6 Å². The molecule has 1 fully saturated rings. The third-order valence-electron chi connectivity index (χ3n) is 3.99. The van der Waals surface area contributed by atoms with Crippen LogP contribution in [0, 0.1) is 0 Å². The molecule has 1 aliphatic rings. The van der Waals surface area contributed by atoms with Crippen LogP contribution in [0.5, 0.6) is 0 Å². The fourth-order valence-corrected chi connectivity index (χ4v) is 2.80. The quantitative estimate of drug-likeness (QED) is 0.944. The minimum atomic E-state index is 0.159. The maximum Gasteiger partial charge on any atom is 0.0921 e. The van der Waals surface area contributed by atoms with Gasteiger partial charge in [-0.3, -0.25) is 4.68 Å². The van der Waals surface area contributed by atoms with Crippen molar-refractivity contribution >= 4 is 11.6 Å². The summed E-state index contributed by atoms with van der Waals surface area (Å²) in [5.74, 6) is 0. The van der Waals surface area contributed by atoms with E-state index in [0.717, 1.165) is 24.6 Å². The summed E-state index contributed by atoms with van der Waals surface area (Å²) in [6.45, 7) is 3.71. The van der Waals surface area contributed by atoms with Crippen LogP contribution in [0.2, 0.25) is 5.02 Å². The van der Waals surface area contributed by atoms with E-state index in [9.17, 15) is 0 Å². The van der Waals surface area contributed by atoms with Gasteiger partial charge in [0.25, 0.3) is 0 Å². The molecule has 3 rings (SSSR count). The molecule has 1 aromatic heterocycles. The minimum Gasteiger partial charge on any atom is -0.373 e. The number of nitrogens with one attached hydrogen (secondary N) is 1. The number of hydrogen-bond acceptors (Lipinski definition) is 3. The van der Waals surface area contributed by atoms with E-state index in [1.165, 1.54) is 5.56 Å². The Labute approximate surface area is 130 Å². The highest BCUT2D eigenvalue weighted by atomic mass is 35.5. The van der Waals surface area contributed by atoms with E-state index in [-0.39, 0.29) is 12.1 Å². The number of morpholine rings is 1. The van der Waals surface area contributed by atoms with Crippen molar-refractivity contribution in [1.29, 1.82) is 0 Å². The molecule has 112 valence electrons. The van der Waals surface area contributed by atoms with E-state index < -0.39 is 0 Å². The summed E-state index contributed by atoms with van der Waals surface area (Å²) < 4.78 is 7.97. The van der Waals surface area contributed by atoms with Crippen LogP contribution < -0.4 is 5.32 Å². The Balaban J connectivity index is 1.52. The minimum absolute atomic E-state index is 0.159. The molecule has 0 saturated carbocycles. The second-order valence-electron chi connectivity index (χ2n) is 5.53. The lowest BCUT2D eigenvalue weighted by Crippen LogP contribution is -2.49. The summed E-state index contributed by atoms with van der Waals surface area (Å²) in [6, 6.07) is 10.5. The average molecular weight is 306 g/mol. The lowest BCUT2D eigenvalue weighted by Gasteiger charge is -2.33. The Morgan fingerprint density at radius 3 is 2.86 bits per heavy atom. The molecule has 0 bridgehead atoms. The van der Waals surface area contributed by atoms with Crippen LogP contribution in [0.4, 0.5) is 0 Å². The fraction of sp³-hybridized carbons (Fsp3) is 0.438. The highest BCUT2D eigenvalue weighted by Gasteiger charge is 2.26. The number of aromatic nitrogens is 2. The summed E-state index contributed by atoms with van der Waals surface area (Å²) in [5, 5.41) is 8.64. The van der Waals surface area contributed by atoms with Gasteiger partial charge in [0.2, 0.25) is 0 Å². The molecule has 1 saturated heterocycles. The molecule has 21 heavy (non-hydrogen) atoms. The van der Waals surface area contributed by atoms with Crippen LogP contribution in [0.3, 0.4) is 0 Å². The standard InChI is InChI=1S/C16H20ClN3O/c1-12(20-8-2-7-19-20)16-10-18-15(11-21-16)9-13-3-5-14(17)6-4-13/h2-8,12,15-16,18H,9-11H2,1H3/t12?,15-,16+/m0/s1. The van der Waals surface area contributed by atoms with E-state index in [4.69, 9.17) is 16.3 Å². The van der Waals surface area contributed by atoms with Crippen LogP contribution in [0.15, 0.2) is 42.7 Å². The SMILES string of the molecule is CC([C@H]1CN[C@@H](Cc2ccc(Cl)cc2)CO1)n1cccn1. The average Bonchev–Trinajstić information content (AvgIpc) is 3.04. The van der Waals surface area contributed by atoms with Gasteiger partial charge in [-0.25, -0.2) is 0 Å². The van der Waals surface area contributed by atoms with Gasteiger partial charge in [-0.15, -0.1) is 0 Å². The predicted molar refractivity (Wildman–Crippen MR) is 83.6 cm³/mol. The summed E-state index contributed by atoms with van der Waals surface area (Å²) in [5.41, 5.74) is 1.28. The first kappa shape index (κ1) is 14.6. The molecule has 4 nitrogen and oxygen atoms in total. The number of hydrogen-bond donors (Lipinski definition) is 1. The fourth-order valence-electron chi connectivity index (χ4n) is 2.68. The van der Waals surface area contributed by atoms with E-state index in [0.29, 0.717) is 6.04 Å². The molecular formula is C16H20ClN3O. The van der Waals surface area contributed by atoms with Gasteiger partial charge in [0, 0.05) is 30.0 Å². The maximum atomic E-state index is 6.02. The van der Waals surface area contributed by atoms with E-state index in [1.54, 1.807) is 6.20 Å². The number of benzene rings is 1. The first-order valence-electron chi connectivity index (χ1n) is 7.31. The van der Waals surface area contributed by atoms with Crippen LogP contribution in [-0.4, -0.2) is 35.1 Å². The van der Waals surface area contributed by atoms with Crippen LogP contribution in [0.1, 0.15) is 18.5 Å². The summed E-state index contributed by atoms with van der Waals surface area (Å²) in [7, 11) is 0. The van der Waals surface area contributed by atoms with Crippen molar-refractivity contribution in [3.8, 4) is 0 Å². The number of nitrogens with zero attached hydrogens (tertiary/aromatic N) is 2. The highest BCUT2D eigenvalue weighted by molar-refractivity contribution is 6.30. The van der Waals surface area contributed by atoms with Crippen molar-refractivity contribution in [3.63, 3.8) is 0 Å². The van der Waals surface area contributed by atoms with Crippen molar-refractivity contribution in [2.24, 2.45) is 0 Å². The number of rotatable bonds is 4. The Bertz CT molecular complexity index is 547. The first-order valence-corrected chi connectivity index (χ1v) is 7.69. The lowest BCUT2D eigenvalue weighted by molar-refractivity contribution is -0.0236. The molecule has 1 unspecified atom stereocenters. The molecule has 1 aromatic carbocycles. The summed E-state index contributed by atoms with van der Waals surface area (Å²) in [4.78, 5) is 0. The van der Waals surface area contributed by atoms with E-state index >= 15 is 0 Å². The summed E-state index contributed by atoms with van der Waals surface area (Å²) in [6.07, 6.45) is 4.90. The normalized spacial score (nSPS) is 23.9. The van der Waals surface area contributed by atoms with Gasteiger partial charge in [-0.05, 0) is 37.1 Å². The third-order valence-corrected chi connectivity index (χ3v) is 4.25. The van der Waals surface area contributed by atoms with Crippen molar-refractivity contribution in [2.75, 3.05) is 13.2 Å². The topological polar surface area (TPSA) is 39.1 Å². The van der Waals surface area contributed by atoms with Gasteiger partial charge in [-0.2, -0.15) is 5.10 Å². The molecule has 0 spiro atoms. The molecule has 1 N–H and O–H groups in total. The Morgan fingerprint density at radius 1 is 1.43 bits per heavy atom. The molecule has 0 aliphatic carbocycles. The van der Waals surface area contributed by atoms with Crippen molar-refractivity contribution in [1.82, 2.24) is 15.1 Å². The monoisotopic (exact) mass is 305 g/mol. The Morgan fingerprint density at radius 2 is 2.24 bits per heavy atom. The molecule has 1 aliphatic heterocycles. The van der Waals surface area contributed by atoms with Gasteiger partial charge in [0.15, 0.2) is 0 Å². The molecular weight excluding hydrogens is 286 g/mol. The van der Waals surface area contributed by atoms with Gasteiger partial charge in [0.1, 0.15) is 0 Å². The van der Waals surface area contributed by atoms with Gasteiger partial charge < -0.3 is 10.1 Å². The van der Waals surface area contributed by atoms with Crippen molar-refractivity contribution in [2.45, 2.75) is 31.5 Å². The summed E-state index contributed by atoms with van der Waals surface area (Å²) >= 11 is 5.91. The zero-order valence-electron chi connectivity index (χ0n) is 12.1. The number of halogens is 1. The maximum absolute atomic E-state index is 6.02. The largest absolute Gasteiger partial charge is 0.373 e. The van der Waals surface area contributed by atoms with Crippen LogP contribution in [-0.2, 0) is 11.2 Å². The molecule has 0 amide bonds. The molecule has 5 heteroatoms. The smallest absolute Gasteiger partial charge is 0.0921 e. The number of ether oxygens (including phenoxy) is 1. The second kappa shape index (κ2) is 6.60. The molecule has 0 radical (unpaired) electrons. The van der Waals surface area contributed by atoms with Crippen LogP contribution in [0.25, 0.3) is 0 Å². The van der Waals surface area contributed by atoms with Gasteiger partial charge >= 0.3 is 0 Å². The molecule has 2 aromatic rings. The first-order chi connectivity index (χ1) is 10.2. The van der Waals surface area contributed by atoms with E-state index in [2.05, 4.69) is 29.5 Å². The van der Waals surface area contributed by atoms with E-state index in [1.807, 2.05) is 29.1 Å².